The van der Waals surface area contributed by atoms with Crippen molar-refractivity contribution in [3.63, 3.8) is 0 Å². The van der Waals surface area contributed by atoms with Crippen LogP contribution < -0.4 is 5.32 Å². The lowest BCUT2D eigenvalue weighted by molar-refractivity contribution is -0.124. The van der Waals surface area contributed by atoms with Crippen molar-refractivity contribution in [1.29, 1.82) is 0 Å². The Labute approximate surface area is 161 Å². The Hall–Kier alpha value is -2.13. The van der Waals surface area contributed by atoms with Crippen LogP contribution in [0.3, 0.4) is 0 Å². The van der Waals surface area contributed by atoms with Crippen molar-refractivity contribution >= 4 is 35.0 Å². The second-order valence-corrected chi connectivity index (χ2v) is 8.63. The quantitative estimate of drug-likeness (QED) is 0.790. The van der Waals surface area contributed by atoms with Gasteiger partial charge < -0.3 is 19.5 Å². The summed E-state index contributed by atoms with van der Waals surface area (Å²) < 4.78 is 15.7. The molecule has 0 aliphatic carbocycles. The highest BCUT2D eigenvalue weighted by atomic mass is 32.1. The molecular formula is C18H24N2O6S. The minimum Gasteiger partial charge on any atom is -0.465 e. The maximum Gasteiger partial charge on any atom is 0.410 e. The van der Waals surface area contributed by atoms with Crippen molar-refractivity contribution in [2.75, 3.05) is 19.0 Å². The summed E-state index contributed by atoms with van der Waals surface area (Å²) in [6.07, 6.45) is 0.530. The van der Waals surface area contributed by atoms with Gasteiger partial charge in [0, 0.05) is 17.0 Å². The van der Waals surface area contributed by atoms with Crippen LogP contribution in [0.5, 0.6) is 0 Å². The summed E-state index contributed by atoms with van der Waals surface area (Å²) in [6, 6.07) is 0. The zero-order chi connectivity index (χ0) is 19.8. The molecule has 9 heteroatoms. The highest BCUT2D eigenvalue weighted by Crippen LogP contribution is 2.40. The van der Waals surface area contributed by atoms with Gasteiger partial charge in [0.2, 0.25) is 0 Å². The van der Waals surface area contributed by atoms with Gasteiger partial charge in [-0.15, -0.1) is 11.3 Å². The van der Waals surface area contributed by atoms with Crippen molar-refractivity contribution in [3.8, 4) is 0 Å². The first-order valence-electron chi connectivity index (χ1n) is 8.83. The van der Waals surface area contributed by atoms with Crippen molar-refractivity contribution in [3.05, 3.63) is 15.3 Å². The molecule has 3 rings (SSSR count). The second-order valence-electron chi connectivity index (χ2n) is 7.53. The monoisotopic (exact) mass is 396 g/mol. The van der Waals surface area contributed by atoms with Crippen molar-refractivity contribution in [1.82, 2.24) is 4.90 Å². The number of anilines is 1. The summed E-state index contributed by atoms with van der Waals surface area (Å²) in [5.41, 5.74) is 0.562. The number of rotatable bonds is 3. The van der Waals surface area contributed by atoms with Gasteiger partial charge in [0.15, 0.2) is 0 Å². The van der Waals surface area contributed by atoms with Crippen LogP contribution in [0, 0.1) is 0 Å². The fourth-order valence-corrected chi connectivity index (χ4v) is 4.24. The molecule has 2 amide bonds. The van der Waals surface area contributed by atoms with Crippen LogP contribution in [0.25, 0.3) is 0 Å². The van der Waals surface area contributed by atoms with Gasteiger partial charge in [0.25, 0.3) is 5.91 Å². The van der Waals surface area contributed by atoms with E-state index in [-0.39, 0.29) is 12.5 Å². The summed E-state index contributed by atoms with van der Waals surface area (Å²) in [4.78, 5) is 39.7. The third kappa shape index (κ3) is 4.24. The molecule has 3 heterocycles. The molecule has 1 aromatic heterocycles. The molecule has 1 N–H and O–H groups in total. The number of carbonyl (C=O) groups excluding carboxylic acids is 3. The SMILES string of the molecule is COC(=O)c1sc2c(c1NC(=O)[C@@H]1CCCO1)CN(C(=O)OC(C)(C)C)C2. The second kappa shape index (κ2) is 7.47. The van der Waals surface area contributed by atoms with E-state index in [0.717, 1.165) is 16.9 Å². The third-order valence-corrected chi connectivity index (χ3v) is 5.46. The number of carbonyl (C=O) groups is 3. The van der Waals surface area contributed by atoms with Crippen LogP contribution in [0.15, 0.2) is 0 Å². The first kappa shape index (κ1) is 19.6. The van der Waals surface area contributed by atoms with Crippen molar-refractivity contribution < 1.29 is 28.6 Å². The average molecular weight is 396 g/mol. The smallest absolute Gasteiger partial charge is 0.410 e. The molecule has 1 saturated heterocycles. The van der Waals surface area contributed by atoms with Crippen LogP contribution in [-0.2, 0) is 32.1 Å². The first-order valence-corrected chi connectivity index (χ1v) is 9.64. The predicted octanol–water partition coefficient (Wildman–Crippen LogP) is 2.90. The van der Waals surface area contributed by atoms with Crippen LogP contribution in [-0.4, -0.2) is 48.3 Å². The highest BCUT2D eigenvalue weighted by Gasteiger charge is 2.35. The minimum absolute atomic E-state index is 0.263. The molecule has 148 valence electrons. The molecule has 8 nitrogen and oxygen atoms in total. The topological polar surface area (TPSA) is 94.2 Å². The van der Waals surface area contributed by atoms with Gasteiger partial charge in [-0.05, 0) is 33.6 Å². The number of ether oxygens (including phenoxy) is 3. The number of nitrogens with one attached hydrogen (secondary N) is 1. The molecule has 2 aliphatic heterocycles. The summed E-state index contributed by atoms with van der Waals surface area (Å²) in [5.74, 6) is -0.796. The molecular weight excluding hydrogens is 372 g/mol. The third-order valence-electron chi connectivity index (χ3n) is 4.27. The number of hydrogen-bond donors (Lipinski definition) is 1. The number of methoxy groups -OCH3 is 1. The van der Waals surface area contributed by atoms with Gasteiger partial charge in [-0.1, -0.05) is 0 Å². The van der Waals surface area contributed by atoms with E-state index in [1.54, 1.807) is 25.7 Å². The Bertz CT molecular complexity index is 761. The summed E-state index contributed by atoms with van der Waals surface area (Å²) in [5, 5.41) is 2.82. The van der Waals surface area contributed by atoms with Gasteiger partial charge >= 0.3 is 12.1 Å². The van der Waals surface area contributed by atoms with Gasteiger partial charge in [-0.25, -0.2) is 9.59 Å². The molecule has 0 spiro atoms. The van der Waals surface area contributed by atoms with E-state index in [1.165, 1.54) is 18.4 Å². The molecule has 0 bridgehead atoms. The van der Waals surface area contributed by atoms with Gasteiger partial charge in [0.05, 0.1) is 25.9 Å². The number of nitrogens with zero attached hydrogens (tertiary/aromatic N) is 1. The maximum absolute atomic E-state index is 12.5. The zero-order valence-electron chi connectivity index (χ0n) is 15.9. The molecule has 0 radical (unpaired) electrons. The Balaban J connectivity index is 1.82. The zero-order valence-corrected chi connectivity index (χ0v) is 16.7. The molecule has 2 aliphatic rings. The standard InChI is InChI=1S/C18H24N2O6S/c1-18(2,3)26-17(23)20-8-10-12(9-20)27-14(16(22)24-4)13(10)19-15(21)11-6-5-7-25-11/h11H,5-9H2,1-4H3,(H,19,21)/t11-/m0/s1. The Morgan fingerprint density at radius 2 is 2.00 bits per heavy atom. The lowest BCUT2D eigenvalue weighted by Crippen LogP contribution is -2.33. The molecule has 1 aromatic rings. The minimum atomic E-state index is -0.596. The molecule has 0 saturated carbocycles. The fourth-order valence-electron chi connectivity index (χ4n) is 3.04. The lowest BCUT2D eigenvalue weighted by atomic mass is 10.2. The lowest BCUT2D eigenvalue weighted by Gasteiger charge is -2.24. The Morgan fingerprint density at radius 3 is 2.59 bits per heavy atom. The summed E-state index contributed by atoms with van der Waals surface area (Å²) in [7, 11) is 1.30. The first-order chi connectivity index (χ1) is 12.7. The summed E-state index contributed by atoms with van der Waals surface area (Å²) >= 11 is 1.23. The van der Waals surface area contributed by atoms with E-state index in [9.17, 15) is 14.4 Å². The van der Waals surface area contributed by atoms with Crippen LogP contribution in [0.2, 0.25) is 0 Å². The van der Waals surface area contributed by atoms with Crippen LogP contribution >= 0.6 is 11.3 Å². The van der Waals surface area contributed by atoms with E-state index in [2.05, 4.69) is 5.32 Å². The summed E-state index contributed by atoms with van der Waals surface area (Å²) in [6.45, 7) is 6.56. The molecule has 1 fully saturated rings. The molecule has 0 aromatic carbocycles. The maximum atomic E-state index is 12.5. The largest absolute Gasteiger partial charge is 0.465 e. The number of fused-ring (bicyclic) bond motifs is 1. The Kier molecular flexibility index (Phi) is 5.43. The van der Waals surface area contributed by atoms with Gasteiger partial charge in [-0.2, -0.15) is 0 Å². The van der Waals surface area contributed by atoms with Crippen LogP contribution in [0.1, 0.15) is 53.7 Å². The fraction of sp³-hybridized carbons (Fsp3) is 0.611. The van der Waals surface area contributed by atoms with Gasteiger partial charge in [0.1, 0.15) is 16.6 Å². The number of thiophene rings is 1. The number of hydrogen-bond acceptors (Lipinski definition) is 7. The van der Waals surface area contributed by atoms with E-state index in [4.69, 9.17) is 14.2 Å². The van der Waals surface area contributed by atoms with E-state index >= 15 is 0 Å². The highest BCUT2D eigenvalue weighted by molar-refractivity contribution is 7.14. The normalized spacial score (nSPS) is 19.0. The Morgan fingerprint density at radius 1 is 1.26 bits per heavy atom. The number of amides is 2. The molecule has 0 unspecified atom stereocenters. The number of esters is 1. The van der Waals surface area contributed by atoms with E-state index in [0.29, 0.717) is 30.1 Å². The predicted molar refractivity (Wildman–Crippen MR) is 98.7 cm³/mol. The van der Waals surface area contributed by atoms with E-state index < -0.39 is 23.8 Å². The average Bonchev–Trinajstić information content (AvgIpc) is 3.29. The van der Waals surface area contributed by atoms with Crippen LogP contribution in [0.4, 0.5) is 10.5 Å². The molecule has 1 atom stereocenters. The van der Waals surface area contributed by atoms with Crippen molar-refractivity contribution in [2.45, 2.75) is 58.4 Å². The molecule has 27 heavy (non-hydrogen) atoms. The van der Waals surface area contributed by atoms with E-state index in [1.807, 2.05) is 0 Å². The van der Waals surface area contributed by atoms with Gasteiger partial charge in [-0.3, -0.25) is 9.69 Å². The van der Waals surface area contributed by atoms with Crippen molar-refractivity contribution in [2.24, 2.45) is 0 Å².